The van der Waals surface area contributed by atoms with Crippen molar-refractivity contribution in [3.8, 4) is 0 Å². The van der Waals surface area contributed by atoms with Gasteiger partial charge >= 0.3 is 0 Å². The molecule has 1 aromatic carbocycles. The molecule has 1 rings (SSSR count). The Balaban J connectivity index is 2.86. The summed E-state index contributed by atoms with van der Waals surface area (Å²) in [6.07, 6.45) is 0. The van der Waals surface area contributed by atoms with Crippen molar-refractivity contribution in [1.29, 1.82) is 0 Å². The maximum absolute atomic E-state index is 10.9. The summed E-state index contributed by atoms with van der Waals surface area (Å²) in [6.45, 7) is -0.189. The fourth-order valence-corrected chi connectivity index (χ4v) is 2.08. The van der Waals surface area contributed by atoms with Gasteiger partial charge in [-0.25, -0.2) is 0 Å². The van der Waals surface area contributed by atoms with Gasteiger partial charge in [-0.3, -0.25) is 9.11 Å². The summed E-state index contributed by atoms with van der Waals surface area (Å²) < 4.78 is 60.1. The highest BCUT2D eigenvalue weighted by molar-refractivity contribution is 7.86. The van der Waals surface area contributed by atoms with E-state index in [1.54, 1.807) is 0 Å². The van der Waals surface area contributed by atoms with Crippen molar-refractivity contribution in [2.75, 3.05) is 17.6 Å². The van der Waals surface area contributed by atoms with Crippen molar-refractivity contribution < 1.29 is 25.9 Å². The molecule has 0 unspecified atom stereocenters. The summed E-state index contributed by atoms with van der Waals surface area (Å²) in [5.41, 5.74) is 0.0369. The smallest absolute Gasteiger partial charge is 0.296 e. The van der Waals surface area contributed by atoms with E-state index in [9.17, 15) is 16.8 Å². The first-order valence-corrected chi connectivity index (χ1v) is 7.42. The van der Waals surface area contributed by atoms with Gasteiger partial charge in [0.15, 0.2) is 0 Å². The molecule has 1 aromatic rings. The fourth-order valence-electron chi connectivity index (χ4n) is 1.09. The first kappa shape index (κ1) is 13.9. The number of anilines is 1. The monoisotopic (exact) mass is 280 g/mol. The molecule has 0 saturated carbocycles. The molecule has 9 heteroatoms. The van der Waals surface area contributed by atoms with E-state index in [2.05, 4.69) is 11.4 Å². The number of benzene rings is 1. The van der Waals surface area contributed by atoms with E-state index in [-0.39, 0.29) is 12.2 Å². The quantitative estimate of drug-likeness (QED) is 0.651. The van der Waals surface area contributed by atoms with Crippen LogP contribution in [0.4, 0.5) is 5.69 Å². The van der Waals surface area contributed by atoms with Crippen LogP contribution in [0.15, 0.2) is 23.1 Å². The molecule has 95 valence electrons. The van der Waals surface area contributed by atoms with E-state index in [4.69, 9.17) is 9.11 Å². The van der Waals surface area contributed by atoms with E-state index < -0.39 is 30.9 Å². The van der Waals surface area contributed by atoms with Crippen LogP contribution in [-0.4, -0.2) is 38.2 Å². The number of rotatable bonds is 5. The maximum Gasteiger partial charge on any atom is 0.296 e. The lowest BCUT2D eigenvalue weighted by atomic mass is 10.3. The molecule has 0 bridgehead atoms. The zero-order valence-corrected chi connectivity index (χ0v) is 10.1. The first-order valence-electron chi connectivity index (χ1n) is 4.37. The van der Waals surface area contributed by atoms with Gasteiger partial charge in [0.1, 0.15) is 4.90 Å². The Hall–Kier alpha value is -1.16. The lowest BCUT2D eigenvalue weighted by Gasteiger charge is -2.08. The second-order valence-electron chi connectivity index (χ2n) is 3.11. The third-order valence-corrected chi connectivity index (χ3v) is 3.39. The Morgan fingerprint density at radius 3 is 2.41 bits per heavy atom. The van der Waals surface area contributed by atoms with Crippen LogP contribution in [0.5, 0.6) is 0 Å². The minimum Gasteiger partial charge on any atom is -0.383 e. The van der Waals surface area contributed by atoms with Crippen LogP contribution < -0.4 is 5.32 Å². The molecule has 1 radical (unpaired) electrons. The van der Waals surface area contributed by atoms with Crippen molar-refractivity contribution in [2.45, 2.75) is 4.90 Å². The van der Waals surface area contributed by atoms with E-state index in [1.165, 1.54) is 12.1 Å². The molecular weight excluding hydrogens is 270 g/mol. The van der Waals surface area contributed by atoms with Crippen LogP contribution in [0.25, 0.3) is 0 Å². The highest BCUT2D eigenvalue weighted by Gasteiger charge is 2.14. The Kier molecular flexibility index (Phi) is 4.09. The zero-order chi connectivity index (χ0) is 13.1. The molecule has 3 N–H and O–H groups in total. The molecule has 0 aromatic heterocycles. The largest absolute Gasteiger partial charge is 0.383 e. The third-order valence-electron chi connectivity index (χ3n) is 1.78. The van der Waals surface area contributed by atoms with Crippen molar-refractivity contribution in [3.05, 3.63) is 24.3 Å². The van der Waals surface area contributed by atoms with Crippen LogP contribution in [-0.2, 0) is 20.2 Å². The van der Waals surface area contributed by atoms with Gasteiger partial charge in [-0.05, 0) is 18.2 Å². The average Bonchev–Trinajstić information content (AvgIpc) is 2.15. The zero-order valence-electron chi connectivity index (χ0n) is 8.49. The molecular formula is C8H10NO6S2. The van der Waals surface area contributed by atoms with E-state index in [0.29, 0.717) is 0 Å². The molecule has 7 nitrogen and oxygen atoms in total. The molecule has 0 atom stereocenters. The highest BCUT2D eigenvalue weighted by atomic mass is 32.2. The average molecular weight is 280 g/mol. The Morgan fingerprint density at radius 2 is 1.88 bits per heavy atom. The van der Waals surface area contributed by atoms with Crippen molar-refractivity contribution in [2.24, 2.45) is 0 Å². The molecule has 17 heavy (non-hydrogen) atoms. The van der Waals surface area contributed by atoms with E-state index in [0.717, 1.165) is 6.07 Å². The van der Waals surface area contributed by atoms with Gasteiger partial charge in [-0.2, -0.15) is 16.8 Å². The molecule has 0 aliphatic rings. The SMILES string of the molecule is O=S(=O)(O)CCNc1cc[c]cc1S(=O)(=O)O. The number of hydrogen-bond acceptors (Lipinski definition) is 5. The van der Waals surface area contributed by atoms with Crippen LogP contribution in [0.3, 0.4) is 0 Å². The van der Waals surface area contributed by atoms with Gasteiger partial charge < -0.3 is 5.32 Å². The van der Waals surface area contributed by atoms with Crippen molar-refractivity contribution in [1.82, 2.24) is 0 Å². The number of hydrogen-bond donors (Lipinski definition) is 3. The normalized spacial score (nSPS) is 12.4. The summed E-state index contributed by atoms with van der Waals surface area (Å²) in [5.74, 6) is -0.573. The van der Waals surface area contributed by atoms with Crippen LogP contribution in [0.2, 0.25) is 0 Å². The Morgan fingerprint density at radius 1 is 1.24 bits per heavy atom. The fraction of sp³-hybridized carbons (Fsp3) is 0.250. The minimum absolute atomic E-state index is 0.0369. The van der Waals surface area contributed by atoms with Gasteiger partial charge in [-0.1, -0.05) is 6.07 Å². The van der Waals surface area contributed by atoms with Crippen LogP contribution >= 0.6 is 0 Å². The van der Waals surface area contributed by atoms with Gasteiger partial charge in [0, 0.05) is 6.54 Å². The highest BCUT2D eigenvalue weighted by Crippen LogP contribution is 2.19. The maximum atomic E-state index is 10.9. The van der Waals surface area contributed by atoms with Crippen LogP contribution in [0, 0.1) is 6.07 Å². The van der Waals surface area contributed by atoms with E-state index in [1.807, 2.05) is 0 Å². The standard InChI is InChI=1S/C8H10NO6S2/c10-16(11,12)6-5-9-7-3-1-2-4-8(7)17(13,14)15/h1,3-4,9H,5-6H2,(H,10,11,12)(H,13,14,15). The topological polar surface area (TPSA) is 121 Å². The predicted molar refractivity (Wildman–Crippen MR) is 60.0 cm³/mol. The third kappa shape index (κ3) is 4.69. The molecule has 0 aliphatic heterocycles. The second-order valence-corrected chi connectivity index (χ2v) is 6.07. The van der Waals surface area contributed by atoms with Crippen molar-refractivity contribution >= 4 is 25.9 Å². The molecule has 0 aliphatic carbocycles. The van der Waals surface area contributed by atoms with Gasteiger partial charge in [0.2, 0.25) is 0 Å². The summed E-state index contributed by atoms with van der Waals surface area (Å²) in [4.78, 5) is -0.407. The summed E-state index contributed by atoms with van der Waals surface area (Å²) in [6, 6.07) is 6.22. The lowest BCUT2D eigenvalue weighted by molar-refractivity contribution is 0.482. The summed E-state index contributed by atoms with van der Waals surface area (Å²) >= 11 is 0. The lowest BCUT2D eigenvalue weighted by Crippen LogP contribution is -2.16. The molecule has 0 fully saturated rings. The first-order chi connectivity index (χ1) is 7.70. The molecule has 0 heterocycles. The summed E-state index contributed by atoms with van der Waals surface area (Å²) in [7, 11) is -8.53. The summed E-state index contributed by atoms with van der Waals surface area (Å²) in [5, 5.41) is 2.48. The molecule has 0 amide bonds. The number of nitrogens with one attached hydrogen (secondary N) is 1. The second kappa shape index (κ2) is 5.00. The van der Waals surface area contributed by atoms with Gasteiger partial charge in [-0.15, -0.1) is 0 Å². The molecule has 0 spiro atoms. The van der Waals surface area contributed by atoms with Crippen LogP contribution in [0.1, 0.15) is 0 Å². The Bertz CT molecular complexity index is 592. The predicted octanol–water partition coefficient (Wildman–Crippen LogP) is 0.0332. The minimum atomic E-state index is -4.41. The Labute approximate surface area is 99.0 Å². The van der Waals surface area contributed by atoms with Gasteiger partial charge in [0.25, 0.3) is 20.2 Å². The van der Waals surface area contributed by atoms with Crippen molar-refractivity contribution in [3.63, 3.8) is 0 Å². The molecule has 0 saturated heterocycles. The van der Waals surface area contributed by atoms with E-state index >= 15 is 0 Å². The van der Waals surface area contributed by atoms with Gasteiger partial charge in [0.05, 0.1) is 11.4 Å².